The van der Waals surface area contributed by atoms with Crippen LogP contribution in [-0.4, -0.2) is 68.4 Å². The molecule has 0 radical (unpaired) electrons. The molecule has 1 aliphatic rings. The molecule has 0 unspecified atom stereocenters. The van der Waals surface area contributed by atoms with Crippen molar-refractivity contribution >= 4 is 26.7 Å². The van der Waals surface area contributed by atoms with Crippen LogP contribution in [0.5, 0.6) is 0 Å². The van der Waals surface area contributed by atoms with Crippen LogP contribution in [0.15, 0.2) is 65.2 Å². The molecular weight excluding hydrogens is 471 g/mol. The van der Waals surface area contributed by atoms with Gasteiger partial charge >= 0.3 is 0 Å². The van der Waals surface area contributed by atoms with Gasteiger partial charge in [-0.05, 0) is 30.3 Å². The van der Waals surface area contributed by atoms with Gasteiger partial charge in [0.15, 0.2) is 0 Å². The number of carbonyl (C=O) groups excluding carboxylic acids is 1. The fourth-order valence-electron chi connectivity index (χ4n) is 4.02. The molecule has 0 bridgehead atoms. The normalized spacial score (nSPS) is 15.2. The molecule has 4 rings (SSSR count). The number of morpholine rings is 1. The highest BCUT2D eigenvalue weighted by Crippen LogP contribution is 2.30. The summed E-state index contributed by atoms with van der Waals surface area (Å²) < 4.78 is 48.8. The van der Waals surface area contributed by atoms with Crippen molar-refractivity contribution in [3.05, 3.63) is 77.4 Å². The highest BCUT2D eigenvalue weighted by Gasteiger charge is 2.29. The maximum atomic E-state index is 15.1. The van der Waals surface area contributed by atoms with Crippen LogP contribution in [0.1, 0.15) is 16.1 Å². The molecule has 0 saturated carbocycles. The first kappa shape index (κ1) is 24.6. The number of nitriles is 1. The lowest BCUT2D eigenvalue weighted by Crippen LogP contribution is -2.35. The van der Waals surface area contributed by atoms with Gasteiger partial charge in [0.2, 0.25) is 5.78 Å². The number of rotatable bonds is 7. The number of ketones is 1. The molecule has 1 fully saturated rings. The summed E-state index contributed by atoms with van der Waals surface area (Å²) in [6, 6.07) is 13.6. The van der Waals surface area contributed by atoms with E-state index >= 15 is 4.39 Å². The number of nitrogens with zero attached hydrogens (tertiary/aromatic N) is 4. The standard InChI is InChI=1S/C25H25FN4O4S/c1-28(2)16-20(15-27)25(31)24-13-18-12-22(26)19(17-29-8-10-34-11-9-29)14-23(18)30(24)35(32,33)21-6-4-3-5-7-21/h3-7,12-14,16H,8-11,17H2,1-2H3/b20-16+. The second kappa shape index (κ2) is 10.00. The first-order chi connectivity index (χ1) is 16.7. The van der Waals surface area contributed by atoms with E-state index in [2.05, 4.69) is 0 Å². The molecule has 35 heavy (non-hydrogen) atoms. The van der Waals surface area contributed by atoms with E-state index in [-0.39, 0.29) is 33.6 Å². The van der Waals surface area contributed by atoms with Gasteiger partial charge in [-0.1, -0.05) is 18.2 Å². The first-order valence-electron chi connectivity index (χ1n) is 11.0. The highest BCUT2D eigenvalue weighted by atomic mass is 32.2. The lowest BCUT2D eigenvalue weighted by Gasteiger charge is -2.26. The number of carbonyl (C=O) groups is 1. The second-order valence-electron chi connectivity index (χ2n) is 8.45. The average Bonchev–Trinajstić information content (AvgIpc) is 3.22. The van der Waals surface area contributed by atoms with Gasteiger partial charge in [-0.2, -0.15) is 5.26 Å². The van der Waals surface area contributed by atoms with E-state index in [0.29, 0.717) is 31.9 Å². The summed E-state index contributed by atoms with van der Waals surface area (Å²) in [6.45, 7) is 2.61. The van der Waals surface area contributed by atoms with Crippen molar-refractivity contribution in [2.45, 2.75) is 11.4 Å². The van der Waals surface area contributed by atoms with Gasteiger partial charge in [-0.15, -0.1) is 0 Å². The van der Waals surface area contributed by atoms with E-state index in [1.54, 1.807) is 32.3 Å². The lowest BCUT2D eigenvalue weighted by atomic mass is 10.1. The van der Waals surface area contributed by atoms with Crippen LogP contribution < -0.4 is 0 Å². The molecule has 182 valence electrons. The molecule has 1 saturated heterocycles. The Morgan fingerprint density at radius 1 is 1.17 bits per heavy atom. The van der Waals surface area contributed by atoms with Gasteiger partial charge in [0, 0.05) is 50.9 Å². The number of allylic oxidation sites excluding steroid dienone is 1. The molecule has 1 aliphatic heterocycles. The molecule has 0 N–H and O–H groups in total. The van der Waals surface area contributed by atoms with E-state index in [1.807, 2.05) is 11.0 Å². The maximum absolute atomic E-state index is 15.1. The number of benzene rings is 2. The summed E-state index contributed by atoms with van der Waals surface area (Å²) in [4.78, 5) is 16.9. The lowest BCUT2D eigenvalue weighted by molar-refractivity contribution is 0.0337. The Bertz CT molecular complexity index is 1430. The molecule has 0 aliphatic carbocycles. The SMILES string of the molecule is CN(C)/C=C(\C#N)C(=O)c1cc2cc(F)c(CN3CCOCC3)cc2n1S(=O)(=O)c1ccccc1. The molecule has 2 aromatic carbocycles. The van der Waals surface area contributed by atoms with Gasteiger partial charge in [0.05, 0.1) is 23.6 Å². The Labute approximate surface area is 203 Å². The Morgan fingerprint density at radius 2 is 1.86 bits per heavy atom. The summed E-state index contributed by atoms with van der Waals surface area (Å²) >= 11 is 0. The van der Waals surface area contributed by atoms with Crippen LogP contribution in [0.3, 0.4) is 0 Å². The van der Waals surface area contributed by atoms with Crippen molar-refractivity contribution in [1.82, 2.24) is 13.8 Å². The third kappa shape index (κ3) is 4.98. The first-order valence-corrected chi connectivity index (χ1v) is 12.4. The van der Waals surface area contributed by atoms with E-state index < -0.39 is 21.6 Å². The zero-order chi connectivity index (χ0) is 25.2. The number of hydrogen-bond acceptors (Lipinski definition) is 7. The van der Waals surface area contributed by atoms with E-state index in [9.17, 15) is 18.5 Å². The average molecular weight is 497 g/mol. The molecule has 0 spiro atoms. The van der Waals surface area contributed by atoms with Gasteiger partial charge in [-0.25, -0.2) is 16.8 Å². The van der Waals surface area contributed by atoms with Gasteiger partial charge in [-0.3, -0.25) is 9.69 Å². The minimum absolute atomic E-state index is 0.0271. The fraction of sp³-hybridized carbons (Fsp3) is 0.280. The fourth-order valence-corrected chi connectivity index (χ4v) is 5.54. The topological polar surface area (TPSA) is 95.6 Å². The Morgan fingerprint density at radius 3 is 2.49 bits per heavy atom. The van der Waals surface area contributed by atoms with Crippen LogP contribution >= 0.6 is 0 Å². The largest absolute Gasteiger partial charge is 0.382 e. The maximum Gasteiger partial charge on any atom is 0.268 e. The monoisotopic (exact) mass is 496 g/mol. The van der Waals surface area contributed by atoms with E-state index in [4.69, 9.17) is 4.74 Å². The summed E-state index contributed by atoms with van der Waals surface area (Å²) in [7, 11) is -0.947. The minimum atomic E-state index is -4.24. The zero-order valence-corrected chi connectivity index (χ0v) is 20.3. The number of fused-ring (bicyclic) bond motifs is 1. The van der Waals surface area contributed by atoms with Crippen molar-refractivity contribution in [2.75, 3.05) is 40.4 Å². The van der Waals surface area contributed by atoms with Crippen molar-refractivity contribution < 1.29 is 22.3 Å². The molecule has 1 aromatic heterocycles. The molecule has 8 nitrogen and oxygen atoms in total. The number of halogens is 1. The third-order valence-corrected chi connectivity index (χ3v) is 7.43. The second-order valence-corrected chi connectivity index (χ2v) is 10.2. The number of Topliss-reactive ketones (excluding diaryl/α,β-unsaturated/α-hetero) is 1. The molecule has 10 heteroatoms. The van der Waals surface area contributed by atoms with Crippen LogP contribution in [-0.2, 0) is 21.3 Å². The van der Waals surface area contributed by atoms with Gasteiger partial charge in [0.25, 0.3) is 10.0 Å². The molecule has 2 heterocycles. The molecule has 0 atom stereocenters. The summed E-state index contributed by atoms with van der Waals surface area (Å²) in [5.74, 6) is -1.27. The predicted molar refractivity (Wildman–Crippen MR) is 129 cm³/mol. The molecular formula is C25H25FN4O4S. The number of aromatic nitrogens is 1. The summed E-state index contributed by atoms with van der Waals surface area (Å²) in [6.07, 6.45) is 1.32. The van der Waals surface area contributed by atoms with Crippen molar-refractivity contribution in [2.24, 2.45) is 0 Å². The van der Waals surface area contributed by atoms with E-state index in [1.165, 1.54) is 41.4 Å². The quantitative estimate of drug-likeness (QED) is 0.282. The summed E-state index contributed by atoms with van der Waals surface area (Å²) in [5.41, 5.74) is 0.00658. The minimum Gasteiger partial charge on any atom is -0.382 e. The number of hydrogen-bond donors (Lipinski definition) is 0. The van der Waals surface area contributed by atoms with Crippen LogP contribution in [0.4, 0.5) is 4.39 Å². The zero-order valence-electron chi connectivity index (χ0n) is 19.4. The third-order valence-electron chi connectivity index (χ3n) is 5.69. The molecule has 3 aromatic rings. The number of ether oxygens (including phenoxy) is 1. The van der Waals surface area contributed by atoms with Crippen molar-refractivity contribution in [3.8, 4) is 6.07 Å². The highest BCUT2D eigenvalue weighted by molar-refractivity contribution is 7.90. The van der Waals surface area contributed by atoms with Crippen molar-refractivity contribution in [3.63, 3.8) is 0 Å². The van der Waals surface area contributed by atoms with Crippen LogP contribution in [0.25, 0.3) is 10.9 Å². The smallest absolute Gasteiger partial charge is 0.268 e. The van der Waals surface area contributed by atoms with Crippen LogP contribution in [0, 0.1) is 17.1 Å². The van der Waals surface area contributed by atoms with Gasteiger partial charge in [0.1, 0.15) is 23.2 Å². The molecule has 0 amide bonds. The summed E-state index contributed by atoms with van der Waals surface area (Å²) in [5, 5.41) is 9.81. The Kier molecular flexibility index (Phi) is 7.03. The Hall–Kier alpha value is -3.52. The van der Waals surface area contributed by atoms with Gasteiger partial charge < -0.3 is 9.64 Å². The van der Waals surface area contributed by atoms with Crippen LogP contribution in [0.2, 0.25) is 0 Å². The van der Waals surface area contributed by atoms with Crippen molar-refractivity contribution in [1.29, 1.82) is 5.26 Å². The Balaban J connectivity index is 1.94. The van der Waals surface area contributed by atoms with E-state index in [0.717, 1.165) is 3.97 Å². The predicted octanol–water partition coefficient (Wildman–Crippen LogP) is 3.00.